The number of halogens is 1. The maximum Gasteiger partial charge on any atom is 0.0599 e. The molecule has 1 N–H and O–H groups in total. The Bertz CT molecular complexity index is 483. The number of nitrogens with one attached hydrogen (secondary N) is 1. The number of hydrogen-bond acceptors (Lipinski definition) is 1. The first-order valence-corrected chi connectivity index (χ1v) is 6.15. The maximum absolute atomic E-state index is 3.62. The summed E-state index contributed by atoms with van der Waals surface area (Å²) in [5, 5.41) is 1.28. The summed E-state index contributed by atoms with van der Waals surface area (Å²) in [6, 6.07) is 6.60. The number of fused-ring (bicyclic) bond motifs is 1. The summed E-state index contributed by atoms with van der Waals surface area (Å²) >= 11 is 3.62. The fraction of sp³-hybridized carbons (Fsp3) is 0.333. The number of H-pyrrole nitrogens is 1. The van der Waals surface area contributed by atoms with Crippen molar-refractivity contribution in [1.82, 2.24) is 4.98 Å². The zero-order valence-corrected chi connectivity index (χ0v) is 10.0. The van der Waals surface area contributed by atoms with Crippen molar-refractivity contribution < 1.29 is 0 Å². The number of aromatic amines is 1. The van der Waals surface area contributed by atoms with Crippen molar-refractivity contribution in [2.75, 3.05) is 18.0 Å². The summed E-state index contributed by atoms with van der Waals surface area (Å²) in [4.78, 5) is 5.70. The first kappa shape index (κ1) is 9.28. The summed E-state index contributed by atoms with van der Waals surface area (Å²) in [5.74, 6) is 0. The SMILES string of the molecule is Brc1cc(N2CCCC2)cc2cc[nH]c12. The van der Waals surface area contributed by atoms with E-state index in [1.807, 2.05) is 6.20 Å². The molecule has 2 nitrogen and oxygen atoms in total. The molecule has 15 heavy (non-hydrogen) atoms. The van der Waals surface area contributed by atoms with Crippen molar-refractivity contribution in [3.63, 3.8) is 0 Å². The average molecular weight is 265 g/mol. The zero-order valence-electron chi connectivity index (χ0n) is 8.46. The van der Waals surface area contributed by atoms with Gasteiger partial charge in [-0.1, -0.05) is 0 Å². The Morgan fingerprint density at radius 1 is 1.20 bits per heavy atom. The number of aromatic nitrogens is 1. The molecule has 2 aromatic rings. The molecule has 2 heterocycles. The van der Waals surface area contributed by atoms with Gasteiger partial charge >= 0.3 is 0 Å². The molecule has 0 saturated carbocycles. The first-order valence-electron chi connectivity index (χ1n) is 5.36. The van der Waals surface area contributed by atoms with E-state index in [0.29, 0.717) is 0 Å². The van der Waals surface area contributed by atoms with E-state index in [9.17, 15) is 0 Å². The second-order valence-corrected chi connectivity index (χ2v) is 4.92. The maximum atomic E-state index is 3.62. The Morgan fingerprint density at radius 2 is 2.00 bits per heavy atom. The minimum Gasteiger partial charge on any atom is -0.371 e. The molecule has 1 aromatic heterocycles. The van der Waals surface area contributed by atoms with Gasteiger partial charge in [0.1, 0.15) is 0 Å². The lowest BCUT2D eigenvalue weighted by Crippen LogP contribution is -2.17. The Kier molecular flexibility index (Phi) is 2.20. The summed E-state index contributed by atoms with van der Waals surface area (Å²) in [6.45, 7) is 2.39. The highest BCUT2D eigenvalue weighted by Gasteiger charge is 2.13. The topological polar surface area (TPSA) is 19.0 Å². The first-order chi connectivity index (χ1) is 7.34. The zero-order chi connectivity index (χ0) is 10.3. The Hall–Kier alpha value is -0.960. The van der Waals surface area contributed by atoms with Crippen LogP contribution in [-0.2, 0) is 0 Å². The van der Waals surface area contributed by atoms with Gasteiger partial charge in [-0.25, -0.2) is 0 Å². The van der Waals surface area contributed by atoms with Gasteiger partial charge in [0.2, 0.25) is 0 Å². The van der Waals surface area contributed by atoms with Crippen LogP contribution >= 0.6 is 15.9 Å². The molecule has 0 spiro atoms. The monoisotopic (exact) mass is 264 g/mol. The number of rotatable bonds is 1. The molecule has 0 unspecified atom stereocenters. The molecule has 0 radical (unpaired) electrons. The van der Waals surface area contributed by atoms with E-state index in [-0.39, 0.29) is 0 Å². The van der Waals surface area contributed by atoms with E-state index < -0.39 is 0 Å². The molecule has 78 valence electrons. The van der Waals surface area contributed by atoms with Crippen molar-refractivity contribution in [2.45, 2.75) is 12.8 Å². The van der Waals surface area contributed by atoms with Crippen molar-refractivity contribution in [1.29, 1.82) is 0 Å². The number of anilines is 1. The summed E-state index contributed by atoms with van der Waals surface area (Å²) in [7, 11) is 0. The molecule has 1 saturated heterocycles. The molecular formula is C12H13BrN2. The van der Waals surface area contributed by atoms with Crippen LogP contribution in [0.3, 0.4) is 0 Å². The van der Waals surface area contributed by atoms with Gasteiger partial charge in [-0.05, 0) is 47.0 Å². The smallest absolute Gasteiger partial charge is 0.0599 e. The summed E-state index contributed by atoms with van der Waals surface area (Å²) < 4.78 is 1.16. The second-order valence-electron chi connectivity index (χ2n) is 4.06. The van der Waals surface area contributed by atoms with Gasteiger partial charge in [-0.2, -0.15) is 0 Å². The van der Waals surface area contributed by atoms with Crippen LogP contribution < -0.4 is 4.90 Å². The third-order valence-electron chi connectivity index (χ3n) is 3.07. The van der Waals surface area contributed by atoms with E-state index in [1.54, 1.807) is 0 Å². The van der Waals surface area contributed by atoms with Gasteiger partial charge in [0, 0.05) is 34.8 Å². The lowest BCUT2D eigenvalue weighted by atomic mass is 10.2. The lowest BCUT2D eigenvalue weighted by molar-refractivity contribution is 0.949. The largest absolute Gasteiger partial charge is 0.371 e. The van der Waals surface area contributed by atoms with E-state index in [1.165, 1.54) is 42.5 Å². The Morgan fingerprint density at radius 3 is 2.80 bits per heavy atom. The molecule has 0 amide bonds. The molecule has 1 aliphatic heterocycles. The van der Waals surface area contributed by atoms with Crippen molar-refractivity contribution >= 4 is 32.5 Å². The fourth-order valence-corrected chi connectivity index (χ4v) is 2.85. The molecule has 0 bridgehead atoms. The van der Waals surface area contributed by atoms with Crippen LogP contribution in [0.5, 0.6) is 0 Å². The molecule has 1 aromatic carbocycles. The molecule has 0 atom stereocenters. The number of hydrogen-bond donors (Lipinski definition) is 1. The molecule has 0 aliphatic carbocycles. The number of benzene rings is 1. The van der Waals surface area contributed by atoms with Crippen molar-refractivity contribution in [3.05, 3.63) is 28.9 Å². The van der Waals surface area contributed by atoms with Gasteiger partial charge < -0.3 is 9.88 Å². The van der Waals surface area contributed by atoms with Crippen LogP contribution in [-0.4, -0.2) is 18.1 Å². The van der Waals surface area contributed by atoms with Crippen molar-refractivity contribution in [2.24, 2.45) is 0 Å². The van der Waals surface area contributed by atoms with E-state index in [2.05, 4.69) is 44.0 Å². The lowest BCUT2D eigenvalue weighted by Gasteiger charge is -2.18. The van der Waals surface area contributed by atoms with E-state index in [0.717, 1.165) is 4.47 Å². The molecule has 1 aliphatic rings. The highest BCUT2D eigenvalue weighted by atomic mass is 79.9. The minimum atomic E-state index is 1.16. The Balaban J connectivity index is 2.11. The van der Waals surface area contributed by atoms with Crippen LogP contribution in [0.2, 0.25) is 0 Å². The molecule has 1 fully saturated rings. The summed E-state index contributed by atoms with van der Waals surface area (Å²) in [6.07, 6.45) is 4.63. The molecular weight excluding hydrogens is 252 g/mol. The minimum absolute atomic E-state index is 1.16. The van der Waals surface area contributed by atoms with Crippen LogP contribution in [0.15, 0.2) is 28.9 Å². The predicted octanol–water partition coefficient (Wildman–Crippen LogP) is 3.53. The third kappa shape index (κ3) is 1.55. The standard InChI is InChI=1S/C12H13BrN2/c13-11-8-10(15-5-1-2-6-15)7-9-3-4-14-12(9)11/h3-4,7-8,14H,1-2,5-6H2. The normalized spacial score (nSPS) is 16.5. The fourth-order valence-electron chi connectivity index (χ4n) is 2.27. The predicted molar refractivity (Wildman–Crippen MR) is 67.4 cm³/mol. The van der Waals surface area contributed by atoms with Gasteiger partial charge in [0.05, 0.1) is 5.52 Å². The van der Waals surface area contributed by atoms with Crippen molar-refractivity contribution in [3.8, 4) is 0 Å². The van der Waals surface area contributed by atoms with Crippen LogP contribution in [0, 0.1) is 0 Å². The van der Waals surface area contributed by atoms with Crippen LogP contribution in [0.25, 0.3) is 10.9 Å². The quantitative estimate of drug-likeness (QED) is 0.835. The molecule has 3 heteroatoms. The molecule has 3 rings (SSSR count). The van der Waals surface area contributed by atoms with Crippen LogP contribution in [0.1, 0.15) is 12.8 Å². The highest BCUT2D eigenvalue weighted by molar-refractivity contribution is 9.10. The highest BCUT2D eigenvalue weighted by Crippen LogP contribution is 2.30. The second kappa shape index (κ2) is 3.56. The van der Waals surface area contributed by atoms with Gasteiger partial charge in [-0.15, -0.1) is 0 Å². The van der Waals surface area contributed by atoms with Gasteiger partial charge in [-0.3, -0.25) is 0 Å². The number of nitrogens with zero attached hydrogens (tertiary/aromatic N) is 1. The van der Waals surface area contributed by atoms with Gasteiger partial charge in [0.15, 0.2) is 0 Å². The Labute approximate surface area is 97.4 Å². The van der Waals surface area contributed by atoms with Gasteiger partial charge in [0.25, 0.3) is 0 Å². The average Bonchev–Trinajstić information content (AvgIpc) is 2.88. The van der Waals surface area contributed by atoms with E-state index >= 15 is 0 Å². The third-order valence-corrected chi connectivity index (χ3v) is 3.69. The summed E-state index contributed by atoms with van der Waals surface area (Å²) in [5.41, 5.74) is 2.53. The van der Waals surface area contributed by atoms with E-state index in [4.69, 9.17) is 0 Å². The van der Waals surface area contributed by atoms with Crippen LogP contribution in [0.4, 0.5) is 5.69 Å².